The largest absolute Gasteiger partial charge is 0.460 e. The molecule has 54 heavy (non-hydrogen) atoms. The highest BCUT2D eigenvalue weighted by molar-refractivity contribution is 5.97. The minimum Gasteiger partial charge on any atom is -0.460 e. The molecule has 14 heteroatoms. The Morgan fingerprint density at radius 1 is 0.778 bits per heavy atom. The van der Waals surface area contributed by atoms with Crippen molar-refractivity contribution in [1.82, 2.24) is 25.1 Å². The number of rotatable bonds is 13. The normalized spacial score (nSPS) is 14.4. The number of nitrogens with zero attached hydrogens (tertiary/aromatic N) is 4. The fourth-order valence-corrected chi connectivity index (χ4v) is 5.71. The van der Waals surface area contributed by atoms with Crippen molar-refractivity contribution in [1.29, 1.82) is 0 Å². The van der Waals surface area contributed by atoms with E-state index in [-0.39, 0.29) is 69.4 Å². The van der Waals surface area contributed by atoms with Crippen LogP contribution in [-0.2, 0) is 28.6 Å². The average molecular weight is 745 g/mol. The Balaban J connectivity index is 1.64. The molecule has 1 fully saturated rings. The summed E-state index contributed by atoms with van der Waals surface area (Å²) in [5.41, 5.74) is -0.0358. The minimum absolute atomic E-state index is 0.0296. The summed E-state index contributed by atoms with van der Waals surface area (Å²) in [6.45, 7) is 13.5. The molecule has 1 aliphatic heterocycles. The van der Waals surface area contributed by atoms with E-state index in [0.717, 1.165) is 5.56 Å². The quantitative estimate of drug-likeness (QED) is 0.166. The Morgan fingerprint density at radius 2 is 1.35 bits per heavy atom. The van der Waals surface area contributed by atoms with Crippen molar-refractivity contribution in [2.45, 2.75) is 91.0 Å². The summed E-state index contributed by atoms with van der Waals surface area (Å²) in [6, 6.07) is 18.2. The Bertz CT molecular complexity index is 1750. The average Bonchev–Trinajstić information content (AvgIpc) is 3.12. The number of piperazine rings is 1. The van der Waals surface area contributed by atoms with Crippen molar-refractivity contribution < 1.29 is 38.2 Å². The van der Waals surface area contributed by atoms with Gasteiger partial charge in [-0.1, -0.05) is 60.7 Å². The van der Waals surface area contributed by atoms with Crippen LogP contribution in [0, 0.1) is 0 Å². The molecule has 3 aromatic rings. The fraction of sp³-hybridized carbons (Fsp3) is 0.475. The van der Waals surface area contributed by atoms with Crippen molar-refractivity contribution in [3.63, 3.8) is 0 Å². The predicted octanol–water partition coefficient (Wildman–Crippen LogP) is 5.55. The predicted molar refractivity (Wildman–Crippen MR) is 202 cm³/mol. The van der Waals surface area contributed by atoms with Crippen LogP contribution in [0.3, 0.4) is 0 Å². The lowest BCUT2D eigenvalue weighted by Crippen LogP contribution is -2.56. The fourth-order valence-electron chi connectivity index (χ4n) is 5.71. The van der Waals surface area contributed by atoms with Crippen LogP contribution in [0.4, 0.5) is 10.6 Å². The highest BCUT2D eigenvalue weighted by Gasteiger charge is 2.32. The Morgan fingerprint density at radius 3 is 1.94 bits per heavy atom. The van der Waals surface area contributed by atoms with Crippen molar-refractivity contribution in [3.8, 4) is 11.4 Å². The van der Waals surface area contributed by atoms with Crippen LogP contribution in [0.15, 0.2) is 66.7 Å². The third kappa shape index (κ3) is 12.8. The molecule has 1 aliphatic rings. The van der Waals surface area contributed by atoms with Gasteiger partial charge in [-0.2, -0.15) is 0 Å². The number of hydrogen-bond acceptors (Lipinski definition) is 11. The molecule has 0 spiro atoms. The lowest BCUT2D eigenvalue weighted by atomic mass is 10.0. The number of ether oxygens (including phenoxy) is 3. The first-order valence-electron chi connectivity index (χ1n) is 18.2. The number of anilines is 1. The van der Waals surface area contributed by atoms with Crippen molar-refractivity contribution >= 4 is 35.7 Å². The van der Waals surface area contributed by atoms with Crippen LogP contribution in [-0.4, -0.2) is 99.6 Å². The summed E-state index contributed by atoms with van der Waals surface area (Å²) in [7, 11) is 0. The molecule has 0 saturated carbocycles. The molecule has 3 amide bonds. The Hall–Kier alpha value is -5.53. The van der Waals surface area contributed by atoms with E-state index in [1.54, 1.807) is 65.5 Å². The molecule has 0 unspecified atom stereocenters. The molecule has 2 aromatic carbocycles. The second kappa shape index (κ2) is 18.5. The highest BCUT2D eigenvalue weighted by Crippen LogP contribution is 2.26. The van der Waals surface area contributed by atoms with Crippen LogP contribution in [0.1, 0.15) is 89.8 Å². The third-order valence-corrected chi connectivity index (χ3v) is 8.08. The van der Waals surface area contributed by atoms with Crippen LogP contribution in [0.2, 0.25) is 0 Å². The van der Waals surface area contributed by atoms with Gasteiger partial charge in [0.15, 0.2) is 5.82 Å². The molecular weight excluding hydrogens is 692 g/mol. The van der Waals surface area contributed by atoms with E-state index in [0.29, 0.717) is 5.56 Å². The summed E-state index contributed by atoms with van der Waals surface area (Å²) in [6.07, 6.45) is -0.655. The van der Waals surface area contributed by atoms with E-state index in [9.17, 15) is 24.0 Å². The smallest absolute Gasteiger partial charge is 0.409 e. The monoisotopic (exact) mass is 744 g/mol. The Labute approximate surface area is 317 Å². The zero-order chi connectivity index (χ0) is 39.5. The van der Waals surface area contributed by atoms with Gasteiger partial charge in [-0.05, 0) is 60.5 Å². The lowest BCUT2D eigenvalue weighted by molar-refractivity contribution is -0.156. The van der Waals surface area contributed by atoms with E-state index >= 15 is 0 Å². The first-order valence-corrected chi connectivity index (χ1v) is 18.2. The molecule has 4 rings (SSSR count). The summed E-state index contributed by atoms with van der Waals surface area (Å²) in [5.74, 6) is -1.52. The molecule has 2 heterocycles. The van der Waals surface area contributed by atoms with Gasteiger partial charge in [0.25, 0.3) is 5.91 Å². The molecular formula is C40H52N6O8. The molecule has 1 saturated heterocycles. The van der Waals surface area contributed by atoms with Gasteiger partial charge >= 0.3 is 18.0 Å². The number of amides is 3. The summed E-state index contributed by atoms with van der Waals surface area (Å²) in [5, 5.41) is 6.13. The number of nitrogens with one attached hydrogen (secondary N) is 2. The maximum atomic E-state index is 14.1. The maximum Gasteiger partial charge on any atom is 0.409 e. The number of aromatic nitrogens is 2. The second-order valence-electron chi connectivity index (χ2n) is 14.9. The Kier molecular flexibility index (Phi) is 14.1. The number of carbonyl (C=O) groups excluding carboxylic acids is 5. The molecule has 14 nitrogen and oxygen atoms in total. The van der Waals surface area contributed by atoms with Gasteiger partial charge < -0.3 is 34.6 Å². The number of benzene rings is 2. The van der Waals surface area contributed by atoms with E-state index in [4.69, 9.17) is 19.2 Å². The molecule has 0 radical (unpaired) electrons. The summed E-state index contributed by atoms with van der Waals surface area (Å²) < 4.78 is 16.2. The van der Waals surface area contributed by atoms with E-state index in [1.807, 2.05) is 48.5 Å². The van der Waals surface area contributed by atoms with Gasteiger partial charge in [0.2, 0.25) is 5.91 Å². The lowest BCUT2D eigenvalue weighted by Gasteiger charge is -2.36. The highest BCUT2D eigenvalue weighted by atomic mass is 16.6. The summed E-state index contributed by atoms with van der Waals surface area (Å²) >= 11 is 0. The van der Waals surface area contributed by atoms with Crippen molar-refractivity contribution in [2.24, 2.45) is 0 Å². The molecule has 290 valence electrons. The third-order valence-electron chi connectivity index (χ3n) is 8.08. The number of hydrogen-bond donors (Lipinski definition) is 2. The second-order valence-corrected chi connectivity index (χ2v) is 14.9. The van der Waals surface area contributed by atoms with Crippen LogP contribution in [0.25, 0.3) is 11.4 Å². The first-order chi connectivity index (χ1) is 25.5. The number of carbonyl (C=O) groups is 5. The summed E-state index contributed by atoms with van der Waals surface area (Å²) in [4.78, 5) is 78.5. The molecule has 2 atom stereocenters. The van der Waals surface area contributed by atoms with Gasteiger partial charge in [-0.15, -0.1) is 0 Å². The van der Waals surface area contributed by atoms with Gasteiger partial charge in [0.05, 0.1) is 19.1 Å². The number of esters is 2. The molecule has 1 aromatic heterocycles. The maximum absolute atomic E-state index is 14.1. The molecule has 0 aliphatic carbocycles. The standard InChI is InChI=1S/C40H52N6O8/c1-8-52-38(51)46-23-21-45(22-24-46)37(50)29(19-20-33(47)53-39(2,3)4)43-36(49)31-25-32(44-35(42-31)28-17-13-10-14-18-28)41-30(27-15-11-9-12-16-27)26-34(48)54-40(5,6)7/h9-18,25,29-30H,8,19-24,26H2,1-7H3,(H,43,49)(H,41,42,44)/t29-,30-/m0/s1. The van der Waals surface area contributed by atoms with E-state index < -0.39 is 53.1 Å². The molecule has 0 bridgehead atoms. The van der Waals surface area contributed by atoms with Gasteiger partial charge in [0.1, 0.15) is 28.8 Å². The van der Waals surface area contributed by atoms with Crippen molar-refractivity contribution in [2.75, 3.05) is 38.1 Å². The van der Waals surface area contributed by atoms with Crippen molar-refractivity contribution in [3.05, 3.63) is 78.0 Å². The van der Waals surface area contributed by atoms with E-state index in [2.05, 4.69) is 15.6 Å². The zero-order valence-corrected chi connectivity index (χ0v) is 32.2. The van der Waals surface area contributed by atoms with Gasteiger partial charge in [-0.25, -0.2) is 14.8 Å². The van der Waals surface area contributed by atoms with Crippen LogP contribution < -0.4 is 10.6 Å². The van der Waals surface area contributed by atoms with Crippen LogP contribution >= 0.6 is 0 Å². The SMILES string of the molecule is CCOC(=O)N1CCN(C(=O)[C@H](CCC(=O)OC(C)(C)C)NC(=O)c2cc(N[C@@H](CC(=O)OC(C)(C)C)c3ccccc3)nc(-c3ccccc3)n2)CC1. The first kappa shape index (κ1) is 41.2. The molecule has 2 N–H and O–H groups in total. The topological polar surface area (TPSA) is 169 Å². The van der Waals surface area contributed by atoms with Gasteiger partial charge in [0, 0.05) is 44.2 Å². The minimum atomic E-state index is -1.12. The van der Waals surface area contributed by atoms with Gasteiger partial charge in [-0.3, -0.25) is 19.2 Å². The van der Waals surface area contributed by atoms with E-state index in [1.165, 1.54) is 11.0 Å². The zero-order valence-electron chi connectivity index (χ0n) is 32.2. The van der Waals surface area contributed by atoms with Crippen LogP contribution in [0.5, 0.6) is 0 Å².